The number of nitrogens with zero attached hydrogens (tertiary/aromatic N) is 1. The van der Waals surface area contributed by atoms with E-state index in [1.54, 1.807) is 0 Å². The summed E-state index contributed by atoms with van der Waals surface area (Å²) in [6.45, 7) is 6.90. The molecule has 0 unspecified atom stereocenters. The highest BCUT2D eigenvalue weighted by atomic mass is 32.1. The van der Waals surface area contributed by atoms with Crippen molar-refractivity contribution in [1.82, 2.24) is 9.88 Å². The first-order valence-corrected chi connectivity index (χ1v) is 11.4. The van der Waals surface area contributed by atoms with E-state index in [1.165, 1.54) is 41.7 Å². The maximum Gasteiger partial charge on any atom is 0.305 e. The number of aromatic nitrogens is 1. The smallest absolute Gasteiger partial charge is 0.305 e. The van der Waals surface area contributed by atoms with Crippen LogP contribution in [-0.4, -0.2) is 36.2 Å². The third-order valence-corrected chi connectivity index (χ3v) is 7.05. The molecule has 0 saturated carbocycles. The molecule has 5 heteroatoms. The van der Waals surface area contributed by atoms with Crippen LogP contribution >= 0.6 is 11.3 Å². The molecule has 1 saturated heterocycles. The fraction of sp³-hybridized carbons (Fsp3) is 0.458. The zero-order valence-corrected chi connectivity index (χ0v) is 18.0. The van der Waals surface area contributed by atoms with Gasteiger partial charge >= 0.3 is 4.87 Å². The minimum absolute atomic E-state index is 0.0225. The Balaban J connectivity index is 1.37. The molecule has 0 spiro atoms. The molecule has 2 aromatic carbocycles. The van der Waals surface area contributed by atoms with Crippen LogP contribution in [-0.2, 0) is 17.7 Å². The Labute approximate surface area is 176 Å². The van der Waals surface area contributed by atoms with E-state index >= 15 is 0 Å². The van der Waals surface area contributed by atoms with Crippen LogP contribution in [0.15, 0.2) is 53.3 Å². The average Bonchev–Trinajstić information content (AvgIpc) is 3.12. The average molecular weight is 411 g/mol. The molecular weight excluding hydrogens is 380 g/mol. The highest BCUT2D eigenvalue weighted by molar-refractivity contribution is 7.16. The third kappa shape index (κ3) is 5.16. The molecule has 4 rings (SSSR count). The van der Waals surface area contributed by atoms with Crippen LogP contribution in [0.2, 0.25) is 0 Å². The number of aryl methyl sites for hydroxylation is 1. The number of aromatic amines is 1. The molecule has 154 valence electrons. The predicted molar refractivity (Wildman–Crippen MR) is 121 cm³/mol. The van der Waals surface area contributed by atoms with Crippen molar-refractivity contribution in [1.29, 1.82) is 0 Å². The molecule has 0 amide bonds. The largest absolute Gasteiger partial charge is 0.381 e. The van der Waals surface area contributed by atoms with Gasteiger partial charge in [-0.2, -0.15) is 0 Å². The first kappa shape index (κ1) is 20.3. The monoisotopic (exact) mass is 410 g/mol. The van der Waals surface area contributed by atoms with E-state index in [-0.39, 0.29) is 10.3 Å². The molecule has 29 heavy (non-hydrogen) atoms. The van der Waals surface area contributed by atoms with Crippen molar-refractivity contribution in [3.63, 3.8) is 0 Å². The van der Waals surface area contributed by atoms with Gasteiger partial charge < -0.3 is 9.72 Å². The number of likely N-dealkylation sites (tertiary alicyclic amines) is 1. The summed E-state index contributed by atoms with van der Waals surface area (Å²) in [5.41, 5.74) is 3.94. The summed E-state index contributed by atoms with van der Waals surface area (Å²) in [4.78, 5) is 17.0. The van der Waals surface area contributed by atoms with Crippen molar-refractivity contribution < 1.29 is 4.74 Å². The molecule has 0 atom stereocenters. The van der Waals surface area contributed by atoms with E-state index in [1.807, 2.05) is 6.07 Å². The number of H-pyrrole nitrogens is 1. The second-order valence-corrected chi connectivity index (χ2v) is 9.26. The van der Waals surface area contributed by atoms with Gasteiger partial charge in [0.15, 0.2) is 0 Å². The quantitative estimate of drug-likeness (QED) is 0.578. The number of benzene rings is 2. The standard InChI is InChI=1S/C24H30N2O2S/c1-2-28-18-24(11-10-19-6-4-3-5-7-19)12-14-26(15-13-24)17-20-8-9-21-22(16-20)29-23(27)25-21/h3-9,16H,2,10-15,17-18H2,1H3,(H,25,27). The lowest BCUT2D eigenvalue weighted by atomic mass is 9.74. The Kier molecular flexibility index (Phi) is 6.48. The Morgan fingerprint density at radius 2 is 1.90 bits per heavy atom. The van der Waals surface area contributed by atoms with E-state index in [4.69, 9.17) is 4.74 Å². The molecular formula is C24H30N2O2S. The molecule has 4 nitrogen and oxygen atoms in total. The molecule has 1 aliphatic rings. The molecule has 1 fully saturated rings. The number of nitrogens with one attached hydrogen (secondary N) is 1. The summed E-state index contributed by atoms with van der Waals surface area (Å²) in [5.74, 6) is 0. The Morgan fingerprint density at radius 1 is 1.10 bits per heavy atom. The van der Waals surface area contributed by atoms with Crippen LogP contribution in [0.3, 0.4) is 0 Å². The van der Waals surface area contributed by atoms with E-state index in [0.717, 1.165) is 49.5 Å². The van der Waals surface area contributed by atoms with Crippen molar-refractivity contribution in [2.24, 2.45) is 5.41 Å². The third-order valence-electron chi connectivity index (χ3n) is 6.21. The number of rotatable bonds is 8. The number of ether oxygens (including phenoxy) is 1. The van der Waals surface area contributed by atoms with Crippen LogP contribution in [0, 0.1) is 5.41 Å². The van der Waals surface area contributed by atoms with Gasteiger partial charge in [0.25, 0.3) is 0 Å². The van der Waals surface area contributed by atoms with Crippen molar-refractivity contribution in [2.45, 2.75) is 39.2 Å². The van der Waals surface area contributed by atoms with Gasteiger partial charge in [0.1, 0.15) is 0 Å². The van der Waals surface area contributed by atoms with Crippen LogP contribution in [0.1, 0.15) is 37.3 Å². The van der Waals surface area contributed by atoms with Gasteiger partial charge in [-0.3, -0.25) is 9.69 Å². The maximum absolute atomic E-state index is 11.6. The Bertz CT molecular complexity index is 971. The number of hydrogen-bond acceptors (Lipinski definition) is 4. The van der Waals surface area contributed by atoms with Crippen LogP contribution in [0.25, 0.3) is 10.2 Å². The second-order valence-electron chi connectivity index (χ2n) is 8.24. The lowest BCUT2D eigenvalue weighted by Crippen LogP contribution is -2.42. The second kappa shape index (κ2) is 9.24. The van der Waals surface area contributed by atoms with E-state index in [9.17, 15) is 4.79 Å². The summed E-state index contributed by atoms with van der Waals surface area (Å²) < 4.78 is 6.97. The summed E-state index contributed by atoms with van der Waals surface area (Å²) >= 11 is 1.30. The van der Waals surface area contributed by atoms with Crippen molar-refractivity contribution in [2.75, 3.05) is 26.3 Å². The van der Waals surface area contributed by atoms with Crippen molar-refractivity contribution >= 4 is 21.6 Å². The molecule has 1 aliphatic heterocycles. The minimum Gasteiger partial charge on any atom is -0.381 e. The summed E-state index contributed by atoms with van der Waals surface area (Å²) in [7, 11) is 0. The molecule has 0 radical (unpaired) electrons. The van der Waals surface area contributed by atoms with Gasteiger partial charge in [-0.05, 0) is 74.4 Å². The van der Waals surface area contributed by atoms with Gasteiger partial charge in [-0.15, -0.1) is 0 Å². The first-order valence-electron chi connectivity index (χ1n) is 10.6. The lowest BCUT2D eigenvalue weighted by Gasteiger charge is -2.42. The number of hydrogen-bond donors (Lipinski definition) is 1. The fourth-order valence-corrected chi connectivity index (χ4v) is 5.17. The van der Waals surface area contributed by atoms with Crippen molar-refractivity contribution in [3.8, 4) is 0 Å². The lowest BCUT2D eigenvalue weighted by molar-refractivity contribution is -0.00231. The summed E-state index contributed by atoms with van der Waals surface area (Å²) in [6, 6.07) is 17.1. The molecule has 0 aliphatic carbocycles. The number of thiazole rings is 1. The number of fused-ring (bicyclic) bond motifs is 1. The van der Waals surface area contributed by atoms with Gasteiger partial charge in [0.2, 0.25) is 0 Å². The normalized spacial score (nSPS) is 17.0. The van der Waals surface area contributed by atoms with Crippen LogP contribution in [0.5, 0.6) is 0 Å². The molecule has 2 heterocycles. The van der Waals surface area contributed by atoms with Crippen LogP contribution in [0.4, 0.5) is 0 Å². The molecule has 1 aromatic heterocycles. The van der Waals surface area contributed by atoms with E-state index in [2.05, 4.69) is 59.3 Å². The summed E-state index contributed by atoms with van der Waals surface area (Å²) in [5, 5.41) is 0. The molecule has 3 aromatic rings. The maximum atomic E-state index is 11.6. The first-order chi connectivity index (χ1) is 14.2. The number of piperidine rings is 1. The zero-order valence-electron chi connectivity index (χ0n) is 17.2. The highest BCUT2D eigenvalue weighted by Crippen LogP contribution is 2.37. The molecule has 0 bridgehead atoms. The Morgan fingerprint density at radius 3 is 2.66 bits per heavy atom. The van der Waals surface area contributed by atoms with Gasteiger partial charge in [0.05, 0.1) is 16.8 Å². The van der Waals surface area contributed by atoms with Gasteiger partial charge in [-0.1, -0.05) is 47.7 Å². The molecule has 1 N–H and O–H groups in total. The van der Waals surface area contributed by atoms with Crippen LogP contribution < -0.4 is 4.87 Å². The fourth-order valence-electron chi connectivity index (χ4n) is 4.37. The van der Waals surface area contributed by atoms with E-state index < -0.39 is 0 Å². The zero-order chi connectivity index (χ0) is 20.1. The minimum atomic E-state index is 0.0225. The SMILES string of the molecule is CCOCC1(CCc2ccccc2)CCN(Cc2ccc3[nH]c(=O)sc3c2)CC1. The summed E-state index contributed by atoms with van der Waals surface area (Å²) in [6.07, 6.45) is 4.67. The van der Waals surface area contributed by atoms with E-state index in [0.29, 0.717) is 0 Å². The predicted octanol–water partition coefficient (Wildman–Crippen LogP) is 4.84. The van der Waals surface area contributed by atoms with Crippen molar-refractivity contribution in [3.05, 3.63) is 69.3 Å². The van der Waals surface area contributed by atoms with Gasteiger partial charge in [-0.25, -0.2) is 0 Å². The highest BCUT2D eigenvalue weighted by Gasteiger charge is 2.34. The topological polar surface area (TPSA) is 45.3 Å². The van der Waals surface area contributed by atoms with Gasteiger partial charge in [0, 0.05) is 13.2 Å². The Hall–Kier alpha value is -1.95.